The molecule has 0 saturated carbocycles. The molecular weight excluding hydrogens is 349 g/mol. The summed E-state index contributed by atoms with van der Waals surface area (Å²) in [5, 5.41) is 43.4. The SMILES string of the molecule is OC[C@H]1N[C@H](Cn2cc(CON=C(CCl)CCl)nn2)[C@@H](O)[C@@H]1O. The fourth-order valence-corrected chi connectivity index (χ4v) is 2.62. The van der Waals surface area contributed by atoms with Crippen molar-refractivity contribution >= 4 is 28.9 Å². The van der Waals surface area contributed by atoms with Crippen LogP contribution in [0.3, 0.4) is 0 Å². The Labute approximate surface area is 142 Å². The van der Waals surface area contributed by atoms with Crippen molar-refractivity contribution in [1.82, 2.24) is 20.3 Å². The van der Waals surface area contributed by atoms with E-state index in [1.165, 1.54) is 4.68 Å². The van der Waals surface area contributed by atoms with Crippen LogP contribution < -0.4 is 5.32 Å². The zero-order chi connectivity index (χ0) is 16.8. The third-order valence-electron chi connectivity index (χ3n) is 3.48. The smallest absolute Gasteiger partial charge is 0.162 e. The Balaban J connectivity index is 1.86. The Morgan fingerprint density at radius 2 is 2.00 bits per heavy atom. The van der Waals surface area contributed by atoms with E-state index in [-0.39, 0.29) is 25.0 Å². The highest BCUT2D eigenvalue weighted by molar-refractivity contribution is 6.36. The van der Waals surface area contributed by atoms with Crippen LogP contribution in [0.1, 0.15) is 5.69 Å². The van der Waals surface area contributed by atoms with E-state index in [1.807, 2.05) is 0 Å². The van der Waals surface area contributed by atoms with Gasteiger partial charge in [0.25, 0.3) is 0 Å². The number of hydrogen-bond acceptors (Lipinski definition) is 8. The Hall–Kier alpha value is -0.970. The van der Waals surface area contributed by atoms with E-state index in [4.69, 9.17) is 33.1 Å². The standard InChI is InChI=1S/C12H19Cl2N5O4/c13-1-7(2-14)17-23-6-8-3-19(18-16-8)4-9-11(21)12(22)10(5-20)15-9/h3,9-12,15,20-22H,1-2,4-6H2/t9-,10-,11-,12-/m1/s1. The third-order valence-corrected chi connectivity index (χ3v) is 4.10. The number of aromatic nitrogens is 3. The predicted octanol–water partition coefficient (Wildman–Crippen LogP) is -1.32. The van der Waals surface area contributed by atoms with Crippen LogP contribution in [0.15, 0.2) is 11.4 Å². The van der Waals surface area contributed by atoms with E-state index in [1.54, 1.807) is 6.20 Å². The molecule has 2 heterocycles. The number of hydrogen-bond donors (Lipinski definition) is 4. The molecule has 1 fully saturated rings. The van der Waals surface area contributed by atoms with Gasteiger partial charge in [0.1, 0.15) is 5.69 Å². The van der Waals surface area contributed by atoms with Crippen LogP contribution in [-0.4, -0.2) is 78.7 Å². The number of rotatable bonds is 8. The summed E-state index contributed by atoms with van der Waals surface area (Å²) >= 11 is 11.2. The van der Waals surface area contributed by atoms with Crippen molar-refractivity contribution in [1.29, 1.82) is 0 Å². The molecule has 0 bridgehead atoms. The number of alkyl halides is 2. The molecule has 1 saturated heterocycles. The lowest BCUT2D eigenvalue weighted by atomic mass is 10.1. The van der Waals surface area contributed by atoms with Gasteiger partial charge in [-0.25, -0.2) is 0 Å². The molecule has 0 spiro atoms. The Bertz CT molecular complexity index is 523. The van der Waals surface area contributed by atoms with Gasteiger partial charge in [-0.15, -0.1) is 28.3 Å². The van der Waals surface area contributed by atoms with Crippen LogP contribution in [0.2, 0.25) is 0 Å². The van der Waals surface area contributed by atoms with E-state index in [0.717, 1.165) is 0 Å². The normalized spacial score (nSPS) is 27.2. The molecule has 0 aromatic carbocycles. The molecule has 4 atom stereocenters. The van der Waals surface area contributed by atoms with Gasteiger partial charge in [-0.1, -0.05) is 10.4 Å². The lowest BCUT2D eigenvalue weighted by Crippen LogP contribution is -2.38. The van der Waals surface area contributed by atoms with Gasteiger partial charge >= 0.3 is 0 Å². The van der Waals surface area contributed by atoms with E-state index in [0.29, 0.717) is 18.0 Å². The predicted molar refractivity (Wildman–Crippen MR) is 83.5 cm³/mol. The monoisotopic (exact) mass is 367 g/mol. The average molecular weight is 368 g/mol. The zero-order valence-corrected chi connectivity index (χ0v) is 13.7. The van der Waals surface area contributed by atoms with Crippen molar-refractivity contribution in [3.05, 3.63) is 11.9 Å². The molecule has 0 amide bonds. The first-order valence-electron chi connectivity index (χ1n) is 7.00. The summed E-state index contributed by atoms with van der Waals surface area (Å²) in [6.07, 6.45) is -0.366. The first-order valence-corrected chi connectivity index (χ1v) is 8.07. The van der Waals surface area contributed by atoms with Gasteiger partial charge in [0, 0.05) is 0 Å². The maximum absolute atomic E-state index is 9.93. The van der Waals surface area contributed by atoms with Gasteiger partial charge in [0.2, 0.25) is 0 Å². The van der Waals surface area contributed by atoms with Crippen LogP contribution in [0.5, 0.6) is 0 Å². The second-order valence-electron chi connectivity index (χ2n) is 5.17. The quantitative estimate of drug-likeness (QED) is 0.255. The molecule has 4 N–H and O–H groups in total. The second-order valence-corrected chi connectivity index (χ2v) is 5.71. The summed E-state index contributed by atoms with van der Waals surface area (Å²) in [6.45, 7) is 0.145. The third kappa shape index (κ3) is 4.75. The molecule has 1 aliphatic rings. The summed E-state index contributed by atoms with van der Waals surface area (Å²) in [5.74, 6) is 0.381. The van der Waals surface area contributed by atoms with Crippen molar-refractivity contribution in [3.63, 3.8) is 0 Å². The van der Waals surface area contributed by atoms with Crippen molar-refractivity contribution in [2.75, 3.05) is 18.4 Å². The topological polar surface area (TPSA) is 125 Å². The summed E-state index contributed by atoms with van der Waals surface area (Å²) < 4.78 is 1.51. The lowest BCUT2D eigenvalue weighted by Gasteiger charge is -2.15. The van der Waals surface area contributed by atoms with Gasteiger partial charge in [-0.05, 0) is 0 Å². The zero-order valence-electron chi connectivity index (χ0n) is 12.2. The van der Waals surface area contributed by atoms with Gasteiger partial charge < -0.3 is 25.5 Å². The van der Waals surface area contributed by atoms with Crippen molar-refractivity contribution in [3.8, 4) is 0 Å². The fourth-order valence-electron chi connectivity index (χ4n) is 2.24. The average Bonchev–Trinajstić information content (AvgIpc) is 3.11. The number of aliphatic hydroxyl groups excluding tert-OH is 3. The molecule has 0 radical (unpaired) electrons. The molecule has 1 aromatic rings. The number of aliphatic hydroxyl groups is 3. The Morgan fingerprint density at radius 1 is 1.30 bits per heavy atom. The molecular formula is C12H19Cl2N5O4. The fraction of sp³-hybridized carbons (Fsp3) is 0.750. The summed E-state index contributed by atoms with van der Waals surface area (Å²) in [6, 6.07) is -0.991. The molecule has 1 aliphatic heterocycles. The van der Waals surface area contributed by atoms with E-state index in [9.17, 15) is 10.2 Å². The number of halogens is 2. The number of nitrogens with zero attached hydrogens (tertiary/aromatic N) is 4. The molecule has 0 unspecified atom stereocenters. The first-order chi connectivity index (χ1) is 11.1. The van der Waals surface area contributed by atoms with Crippen molar-refractivity contribution in [2.24, 2.45) is 5.16 Å². The van der Waals surface area contributed by atoms with Gasteiger partial charge in [-0.3, -0.25) is 4.68 Å². The van der Waals surface area contributed by atoms with E-state index in [2.05, 4.69) is 20.8 Å². The molecule has 130 valence electrons. The summed E-state index contributed by atoms with van der Waals surface area (Å²) in [5.41, 5.74) is 1.06. The lowest BCUT2D eigenvalue weighted by molar-refractivity contribution is 0.0175. The van der Waals surface area contributed by atoms with E-state index >= 15 is 0 Å². The van der Waals surface area contributed by atoms with Gasteiger partial charge in [0.05, 0.1) is 61.1 Å². The first kappa shape index (κ1) is 18.4. The number of oxime groups is 1. The molecule has 9 nitrogen and oxygen atoms in total. The second kappa shape index (κ2) is 8.76. The summed E-state index contributed by atoms with van der Waals surface area (Å²) in [4.78, 5) is 5.08. The van der Waals surface area contributed by atoms with E-state index < -0.39 is 24.3 Å². The minimum Gasteiger partial charge on any atom is -0.395 e. The van der Waals surface area contributed by atoms with Crippen LogP contribution in [0.25, 0.3) is 0 Å². The van der Waals surface area contributed by atoms with Gasteiger partial charge in [0.15, 0.2) is 6.61 Å². The van der Waals surface area contributed by atoms with Crippen molar-refractivity contribution in [2.45, 2.75) is 37.4 Å². The maximum Gasteiger partial charge on any atom is 0.162 e. The van der Waals surface area contributed by atoms with Gasteiger partial charge in [-0.2, -0.15) is 0 Å². The van der Waals surface area contributed by atoms with Crippen LogP contribution in [0.4, 0.5) is 0 Å². The Kier molecular flexibility index (Phi) is 7.00. The highest BCUT2D eigenvalue weighted by Gasteiger charge is 2.40. The highest BCUT2D eigenvalue weighted by Crippen LogP contribution is 2.15. The molecule has 11 heteroatoms. The largest absolute Gasteiger partial charge is 0.395 e. The van der Waals surface area contributed by atoms with Crippen LogP contribution in [0, 0.1) is 0 Å². The number of nitrogens with one attached hydrogen (secondary N) is 1. The highest BCUT2D eigenvalue weighted by atomic mass is 35.5. The van der Waals surface area contributed by atoms with Crippen LogP contribution in [-0.2, 0) is 18.0 Å². The molecule has 2 rings (SSSR count). The minimum atomic E-state index is -1.02. The van der Waals surface area contributed by atoms with Crippen LogP contribution >= 0.6 is 23.2 Å². The summed E-state index contributed by atoms with van der Waals surface area (Å²) in [7, 11) is 0. The maximum atomic E-state index is 9.93. The Morgan fingerprint density at radius 3 is 2.61 bits per heavy atom. The molecule has 23 heavy (non-hydrogen) atoms. The molecule has 0 aliphatic carbocycles. The van der Waals surface area contributed by atoms with Crippen molar-refractivity contribution < 1.29 is 20.2 Å². The molecule has 1 aromatic heterocycles. The minimum absolute atomic E-state index is 0.111.